The summed E-state index contributed by atoms with van der Waals surface area (Å²) >= 11 is 1.58. The van der Waals surface area contributed by atoms with E-state index in [0.29, 0.717) is 12.0 Å². The van der Waals surface area contributed by atoms with Gasteiger partial charge in [-0.05, 0) is 59.4 Å². The summed E-state index contributed by atoms with van der Waals surface area (Å²) in [6, 6.07) is 15.4. The first-order chi connectivity index (χ1) is 18.9. The molecule has 3 aromatic rings. The number of alkyl halides is 3. The van der Waals surface area contributed by atoms with Crippen molar-refractivity contribution in [1.29, 1.82) is 5.41 Å². The molecule has 1 saturated carbocycles. The molecule has 1 heterocycles. The number of halogens is 3. The molecule has 0 saturated heterocycles. The average Bonchev–Trinajstić information content (AvgIpc) is 3.35. The predicted octanol–water partition coefficient (Wildman–Crippen LogP) is 4.99. The van der Waals surface area contributed by atoms with Crippen LogP contribution in [0.15, 0.2) is 53.9 Å². The molecule has 0 radical (unpaired) electrons. The lowest BCUT2D eigenvalue weighted by molar-refractivity contribution is -0.192. The van der Waals surface area contributed by atoms with Crippen molar-refractivity contribution < 1.29 is 37.4 Å². The summed E-state index contributed by atoms with van der Waals surface area (Å²) in [4.78, 5) is 34.9. The van der Waals surface area contributed by atoms with Gasteiger partial charge in [-0.3, -0.25) is 15.0 Å². The molecular formula is C28H30F3N3O5S. The molecule has 8 nitrogen and oxygen atoms in total. The molecule has 5 N–H and O–H groups in total. The van der Waals surface area contributed by atoms with Gasteiger partial charge in [0, 0.05) is 16.3 Å². The zero-order valence-electron chi connectivity index (χ0n) is 21.7. The minimum Gasteiger partial charge on any atom is -0.475 e. The van der Waals surface area contributed by atoms with Gasteiger partial charge in [-0.15, -0.1) is 11.3 Å². The number of rotatable bonds is 7. The first-order valence-electron chi connectivity index (χ1n) is 12.5. The molecule has 0 bridgehead atoms. The quantitative estimate of drug-likeness (QED) is 0.177. The smallest absolute Gasteiger partial charge is 0.475 e. The zero-order valence-corrected chi connectivity index (χ0v) is 22.5. The van der Waals surface area contributed by atoms with Crippen LogP contribution in [0.2, 0.25) is 0 Å². The van der Waals surface area contributed by atoms with Gasteiger partial charge < -0.3 is 20.9 Å². The van der Waals surface area contributed by atoms with Crippen LogP contribution in [0.1, 0.15) is 48.3 Å². The second-order valence-electron chi connectivity index (χ2n) is 9.39. The van der Waals surface area contributed by atoms with Crippen LogP contribution in [0.4, 0.5) is 13.2 Å². The van der Waals surface area contributed by atoms with Crippen LogP contribution in [0.25, 0.3) is 10.1 Å². The third kappa shape index (κ3) is 7.81. The highest BCUT2D eigenvalue weighted by Crippen LogP contribution is 2.35. The number of ether oxygens (including phenoxy) is 1. The van der Waals surface area contributed by atoms with E-state index < -0.39 is 18.1 Å². The predicted molar refractivity (Wildman–Crippen MR) is 145 cm³/mol. The van der Waals surface area contributed by atoms with Gasteiger partial charge in [0.2, 0.25) is 5.91 Å². The van der Waals surface area contributed by atoms with Crippen LogP contribution in [0.5, 0.6) is 0 Å². The molecule has 40 heavy (non-hydrogen) atoms. The Kier molecular flexibility index (Phi) is 10.3. The van der Waals surface area contributed by atoms with E-state index in [9.17, 15) is 22.8 Å². The first-order valence-corrected chi connectivity index (χ1v) is 13.4. The Morgan fingerprint density at radius 3 is 2.40 bits per heavy atom. The monoisotopic (exact) mass is 577 g/mol. The fourth-order valence-corrected chi connectivity index (χ4v) is 5.70. The largest absolute Gasteiger partial charge is 0.490 e. The van der Waals surface area contributed by atoms with Gasteiger partial charge in [0.25, 0.3) is 0 Å². The number of nitrogens with one attached hydrogen (secondary N) is 2. The van der Waals surface area contributed by atoms with Crippen molar-refractivity contribution in [2.24, 2.45) is 11.7 Å². The summed E-state index contributed by atoms with van der Waals surface area (Å²) < 4.78 is 37.8. The Labute approximate surface area is 232 Å². The molecule has 0 spiro atoms. The summed E-state index contributed by atoms with van der Waals surface area (Å²) in [5.41, 5.74) is 8.35. The number of thiophene rings is 1. The maximum atomic E-state index is 13.7. The van der Waals surface area contributed by atoms with Crippen molar-refractivity contribution in [2.45, 2.75) is 50.2 Å². The Morgan fingerprint density at radius 1 is 1.15 bits per heavy atom. The number of carbonyl (C=O) groups is 3. The number of nitrogens with two attached hydrogens (primary N) is 1. The number of hydrogen-bond donors (Lipinski definition) is 4. The molecule has 0 aliphatic heterocycles. The van der Waals surface area contributed by atoms with E-state index >= 15 is 0 Å². The maximum absolute atomic E-state index is 13.7. The van der Waals surface area contributed by atoms with Gasteiger partial charge in [0.15, 0.2) is 0 Å². The van der Waals surface area contributed by atoms with E-state index in [1.165, 1.54) is 7.11 Å². The minimum atomic E-state index is -5.08. The summed E-state index contributed by atoms with van der Waals surface area (Å²) in [5.74, 6) is -3.84. The molecule has 1 fully saturated rings. The van der Waals surface area contributed by atoms with Crippen molar-refractivity contribution >= 4 is 45.1 Å². The number of amides is 1. The highest BCUT2D eigenvalue weighted by molar-refractivity contribution is 7.17. The molecule has 2 aromatic carbocycles. The number of fused-ring (bicyclic) bond motifs is 1. The summed E-state index contributed by atoms with van der Waals surface area (Å²) in [7, 11) is 1.40. The first kappa shape index (κ1) is 30.6. The number of amidine groups is 1. The molecule has 2 unspecified atom stereocenters. The number of benzene rings is 2. The third-order valence-corrected chi connectivity index (χ3v) is 7.71. The molecule has 1 aromatic heterocycles. The van der Waals surface area contributed by atoms with Crippen molar-refractivity contribution in [2.75, 3.05) is 7.11 Å². The van der Waals surface area contributed by atoms with Crippen LogP contribution in [-0.2, 0) is 25.5 Å². The molecular weight excluding hydrogens is 547 g/mol. The topological polar surface area (TPSA) is 143 Å². The standard InChI is InChI=1S/C26H29N3O3S.C2HF3O2/c1-32-26(31)18-9-5-6-10-22(18)29-25(30)20(13-16-7-3-2-4-8-16)21-15-33-23-12-11-17(24(27)28)14-19(21)23;3-2(4,5)1(6)7/h2-4,7-8,11-12,14-15,18,20,22H,5-6,9-10,13H2,1H3,(H3,27,28)(H,29,30);(H,6,7)/t18-,20?,22?;/m1./s1. The minimum absolute atomic E-state index is 0.00114. The van der Waals surface area contributed by atoms with E-state index in [1.54, 1.807) is 11.3 Å². The third-order valence-electron chi connectivity index (χ3n) is 6.73. The van der Waals surface area contributed by atoms with Crippen molar-refractivity contribution in [3.63, 3.8) is 0 Å². The van der Waals surface area contributed by atoms with E-state index in [4.69, 9.17) is 25.8 Å². The maximum Gasteiger partial charge on any atom is 0.490 e. The fraction of sp³-hybridized carbons (Fsp3) is 0.357. The van der Waals surface area contributed by atoms with Gasteiger partial charge in [0.05, 0.1) is 18.9 Å². The molecule has 3 atom stereocenters. The van der Waals surface area contributed by atoms with Gasteiger partial charge >= 0.3 is 18.1 Å². The lowest BCUT2D eigenvalue weighted by Crippen LogP contribution is -2.47. The van der Waals surface area contributed by atoms with Gasteiger partial charge in [-0.2, -0.15) is 13.2 Å². The van der Waals surface area contributed by atoms with Crippen LogP contribution in [0, 0.1) is 11.3 Å². The van der Waals surface area contributed by atoms with Crippen LogP contribution in [0.3, 0.4) is 0 Å². The number of nitrogen functional groups attached to an aromatic ring is 1. The second-order valence-corrected chi connectivity index (χ2v) is 10.3. The Balaban J connectivity index is 0.000000559. The number of carbonyl (C=O) groups excluding carboxylic acids is 2. The second kappa shape index (κ2) is 13.4. The Bertz CT molecular complexity index is 1360. The normalized spacial score (nSPS) is 17.7. The number of hydrogen-bond acceptors (Lipinski definition) is 6. The lowest BCUT2D eigenvalue weighted by atomic mass is 9.83. The zero-order chi connectivity index (χ0) is 29.4. The summed E-state index contributed by atoms with van der Waals surface area (Å²) in [5, 5.41) is 21.1. The number of carboxylic acid groups (broad SMARTS) is 1. The van der Waals surface area contributed by atoms with Crippen LogP contribution < -0.4 is 11.1 Å². The highest BCUT2D eigenvalue weighted by atomic mass is 32.1. The molecule has 12 heteroatoms. The van der Waals surface area contributed by atoms with E-state index in [-0.39, 0.29) is 29.7 Å². The highest BCUT2D eigenvalue weighted by Gasteiger charge is 2.38. The lowest BCUT2D eigenvalue weighted by Gasteiger charge is -2.31. The number of esters is 1. The molecule has 1 aliphatic rings. The summed E-state index contributed by atoms with van der Waals surface area (Å²) in [6.07, 6.45) is -1.11. The molecule has 4 rings (SSSR count). The van der Waals surface area contributed by atoms with Crippen molar-refractivity contribution in [1.82, 2.24) is 5.32 Å². The van der Waals surface area contributed by atoms with Crippen molar-refractivity contribution in [3.05, 3.63) is 70.6 Å². The van der Waals surface area contributed by atoms with E-state index in [2.05, 4.69) is 5.32 Å². The van der Waals surface area contributed by atoms with Crippen LogP contribution in [-0.4, -0.2) is 48.1 Å². The molecule has 214 valence electrons. The SMILES string of the molecule is COC(=O)[C@@H]1CCCCC1NC(=O)C(Cc1ccccc1)c1csc2ccc(C(=N)N)cc12.O=C(O)C(F)(F)F. The Morgan fingerprint density at radius 2 is 1.80 bits per heavy atom. The Hall–Kier alpha value is -3.93. The van der Waals surface area contributed by atoms with Gasteiger partial charge in [-0.1, -0.05) is 43.2 Å². The van der Waals surface area contributed by atoms with E-state index in [0.717, 1.165) is 46.9 Å². The van der Waals surface area contributed by atoms with E-state index in [1.807, 2.05) is 53.9 Å². The number of aliphatic carboxylic acids is 1. The number of carboxylic acids is 1. The van der Waals surface area contributed by atoms with Crippen LogP contribution >= 0.6 is 11.3 Å². The van der Waals surface area contributed by atoms with Crippen molar-refractivity contribution in [3.8, 4) is 0 Å². The molecule has 1 amide bonds. The summed E-state index contributed by atoms with van der Waals surface area (Å²) in [6.45, 7) is 0. The molecule has 1 aliphatic carbocycles. The fourth-order valence-electron chi connectivity index (χ4n) is 4.70. The average molecular weight is 578 g/mol. The van der Waals surface area contributed by atoms with Gasteiger partial charge in [-0.25, -0.2) is 4.79 Å². The van der Waals surface area contributed by atoms with Gasteiger partial charge in [0.1, 0.15) is 5.84 Å². The number of methoxy groups -OCH3 is 1.